The number of unbranched alkanes of at least 4 members (excludes halogenated alkanes) is 3. The van der Waals surface area contributed by atoms with Crippen molar-refractivity contribution in [3.63, 3.8) is 0 Å². The summed E-state index contributed by atoms with van der Waals surface area (Å²) >= 11 is 1.43. The van der Waals surface area contributed by atoms with Crippen LogP contribution in [0.25, 0.3) is 11.4 Å². The third kappa shape index (κ3) is 5.18. The number of carbonyl (C=O) groups excluding carboxylic acids is 1. The van der Waals surface area contributed by atoms with Gasteiger partial charge < -0.3 is 8.98 Å². The first kappa shape index (κ1) is 21.4. The minimum absolute atomic E-state index is 0.108. The quantitative estimate of drug-likeness (QED) is 0.237. The summed E-state index contributed by atoms with van der Waals surface area (Å²) in [6.45, 7) is 6.04. The number of rotatable bonds is 10. The largest absolute Gasteiger partial charge is 0.469 e. The van der Waals surface area contributed by atoms with Crippen molar-refractivity contribution >= 4 is 17.5 Å². The maximum absolute atomic E-state index is 12.9. The molecular formula is C23H29N3O2S. The van der Waals surface area contributed by atoms with Crippen molar-refractivity contribution in [3.05, 3.63) is 53.5 Å². The summed E-state index contributed by atoms with van der Waals surface area (Å²) < 4.78 is 7.27. The summed E-state index contributed by atoms with van der Waals surface area (Å²) in [4.78, 5) is 12.9. The molecule has 0 bridgehead atoms. The third-order valence-electron chi connectivity index (χ3n) is 5.14. The Morgan fingerprint density at radius 1 is 1.14 bits per heavy atom. The van der Waals surface area contributed by atoms with E-state index in [9.17, 15) is 4.79 Å². The Morgan fingerprint density at radius 3 is 2.55 bits per heavy atom. The molecule has 0 saturated carbocycles. The molecule has 5 nitrogen and oxygen atoms in total. The van der Waals surface area contributed by atoms with Crippen LogP contribution in [0.2, 0.25) is 0 Å². The van der Waals surface area contributed by atoms with E-state index in [1.54, 1.807) is 6.26 Å². The van der Waals surface area contributed by atoms with E-state index in [1.807, 2.05) is 43.7 Å². The molecule has 6 heteroatoms. The first-order chi connectivity index (χ1) is 14.0. The lowest BCUT2D eigenvalue weighted by Crippen LogP contribution is -2.14. The molecule has 0 fully saturated rings. The lowest BCUT2D eigenvalue weighted by atomic mass is 10.0. The van der Waals surface area contributed by atoms with Crippen LogP contribution in [0.1, 0.15) is 61.2 Å². The van der Waals surface area contributed by atoms with Gasteiger partial charge in [0.25, 0.3) is 0 Å². The maximum atomic E-state index is 12.9. The van der Waals surface area contributed by atoms with Gasteiger partial charge in [0.05, 0.1) is 17.1 Å². The number of furan rings is 1. The Kier molecular flexibility index (Phi) is 7.31. The molecule has 0 aliphatic carbocycles. The number of nitrogens with zero attached hydrogens (tertiary/aromatic N) is 3. The van der Waals surface area contributed by atoms with Gasteiger partial charge in [0.2, 0.25) is 0 Å². The van der Waals surface area contributed by atoms with E-state index in [2.05, 4.69) is 29.3 Å². The molecule has 2 aromatic heterocycles. The average molecular weight is 412 g/mol. The van der Waals surface area contributed by atoms with Crippen LogP contribution < -0.4 is 0 Å². The number of benzene rings is 1. The maximum Gasteiger partial charge on any atom is 0.191 e. The predicted molar refractivity (Wildman–Crippen MR) is 117 cm³/mol. The van der Waals surface area contributed by atoms with E-state index >= 15 is 0 Å². The van der Waals surface area contributed by atoms with Gasteiger partial charge in [-0.05, 0) is 38.3 Å². The van der Waals surface area contributed by atoms with E-state index in [0.717, 1.165) is 29.1 Å². The van der Waals surface area contributed by atoms with E-state index in [-0.39, 0.29) is 11.0 Å². The summed E-state index contributed by atoms with van der Waals surface area (Å²) in [5, 5.41) is 9.02. The summed E-state index contributed by atoms with van der Waals surface area (Å²) in [5.74, 6) is 1.65. The first-order valence-corrected chi connectivity index (χ1v) is 11.1. The monoisotopic (exact) mass is 411 g/mol. The van der Waals surface area contributed by atoms with Gasteiger partial charge in [-0.25, -0.2) is 0 Å². The zero-order valence-corrected chi connectivity index (χ0v) is 18.5. The molecule has 29 heavy (non-hydrogen) atoms. The second-order valence-corrected chi connectivity index (χ2v) is 8.70. The second kappa shape index (κ2) is 9.92. The van der Waals surface area contributed by atoms with Crippen LogP contribution in [-0.2, 0) is 13.5 Å². The Labute approximate surface area is 176 Å². The van der Waals surface area contributed by atoms with Crippen molar-refractivity contribution in [3.8, 4) is 11.4 Å². The molecule has 3 rings (SSSR count). The normalized spacial score (nSPS) is 12.3. The van der Waals surface area contributed by atoms with Gasteiger partial charge in [-0.15, -0.1) is 10.2 Å². The van der Waals surface area contributed by atoms with Gasteiger partial charge in [0, 0.05) is 12.6 Å². The fraction of sp³-hybridized carbons (Fsp3) is 0.435. The lowest BCUT2D eigenvalue weighted by Gasteiger charge is -2.11. The summed E-state index contributed by atoms with van der Waals surface area (Å²) in [5.41, 5.74) is 2.96. The number of carbonyl (C=O) groups is 1. The molecule has 1 unspecified atom stereocenters. The third-order valence-corrected chi connectivity index (χ3v) is 6.28. The van der Waals surface area contributed by atoms with Crippen molar-refractivity contribution in [1.82, 2.24) is 14.8 Å². The van der Waals surface area contributed by atoms with E-state index in [0.29, 0.717) is 5.16 Å². The second-order valence-electron chi connectivity index (χ2n) is 7.39. The van der Waals surface area contributed by atoms with Crippen LogP contribution in [0, 0.1) is 6.92 Å². The highest BCUT2D eigenvalue weighted by atomic mass is 32.2. The van der Waals surface area contributed by atoms with Gasteiger partial charge in [-0.1, -0.05) is 62.2 Å². The van der Waals surface area contributed by atoms with E-state index < -0.39 is 0 Å². The van der Waals surface area contributed by atoms with Gasteiger partial charge in [-0.2, -0.15) is 0 Å². The minimum Gasteiger partial charge on any atom is -0.469 e. The van der Waals surface area contributed by atoms with Crippen molar-refractivity contribution in [2.24, 2.45) is 7.05 Å². The molecule has 0 radical (unpaired) electrons. The van der Waals surface area contributed by atoms with Crippen molar-refractivity contribution < 1.29 is 9.21 Å². The molecule has 154 valence electrons. The molecule has 0 spiro atoms. The van der Waals surface area contributed by atoms with Crippen LogP contribution in [0.15, 0.2) is 46.2 Å². The van der Waals surface area contributed by atoms with Crippen LogP contribution >= 0.6 is 11.8 Å². The molecule has 1 aromatic carbocycles. The molecule has 3 aromatic rings. The van der Waals surface area contributed by atoms with Crippen LogP contribution in [0.4, 0.5) is 0 Å². The molecule has 1 atom stereocenters. The highest BCUT2D eigenvalue weighted by molar-refractivity contribution is 8.00. The number of ketones is 1. The van der Waals surface area contributed by atoms with Gasteiger partial charge >= 0.3 is 0 Å². The van der Waals surface area contributed by atoms with Crippen molar-refractivity contribution in [2.45, 2.75) is 63.3 Å². The minimum atomic E-state index is -0.244. The fourth-order valence-corrected chi connectivity index (χ4v) is 4.20. The zero-order chi connectivity index (χ0) is 20.8. The average Bonchev–Trinajstić information content (AvgIpc) is 3.30. The van der Waals surface area contributed by atoms with E-state index in [4.69, 9.17) is 4.42 Å². The summed E-state index contributed by atoms with van der Waals surface area (Å²) in [7, 11) is 1.91. The number of thioether (sulfide) groups is 1. The number of hydrogen-bond donors (Lipinski definition) is 0. The van der Waals surface area contributed by atoms with E-state index in [1.165, 1.54) is 43.0 Å². The van der Waals surface area contributed by atoms with Crippen molar-refractivity contribution in [2.75, 3.05) is 0 Å². The Bertz CT molecular complexity index is 943. The zero-order valence-electron chi connectivity index (χ0n) is 17.6. The molecular weight excluding hydrogens is 382 g/mol. The molecule has 0 aliphatic heterocycles. The fourth-order valence-electron chi connectivity index (χ4n) is 3.31. The molecule has 0 aliphatic rings. The highest BCUT2D eigenvalue weighted by Gasteiger charge is 2.21. The standard InChI is InChI=1S/C23H29N3O2S/c1-5-6-7-8-9-18-10-12-19(13-11-18)21(27)17(3)29-23-25-24-22(26(23)4)20-14-15-28-16(20)2/h10-15,17H,5-9H2,1-4H3. The SMILES string of the molecule is CCCCCCc1ccc(C(=O)C(C)Sc2nnc(-c3ccoc3C)n2C)cc1. The van der Waals surface area contributed by atoms with Crippen LogP contribution in [-0.4, -0.2) is 25.8 Å². The summed E-state index contributed by atoms with van der Waals surface area (Å²) in [6, 6.07) is 9.94. The molecule has 2 heterocycles. The number of aromatic nitrogens is 3. The lowest BCUT2D eigenvalue weighted by molar-refractivity contribution is 0.0994. The Morgan fingerprint density at radius 2 is 1.90 bits per heavy atom. The van der Waals surface area contributed by atoms with Gasteiger partial charge in [0.15, 0.2) is 16.8 Å². The summed E-state index contributed by atoms with van der Waals surface area (Å²) in [6.07, 6.45) is 7.73. The Hall–Kier alpha value is -2.34. The molecule has 0 N–H and O–H groups in total. The van der Waals surface area contributed by atoms with Gasteiger partial charge in [0.1, 0.15) is 5.76 Å². The smallest absolute Gasteiger partial charge is 0.191 e. The van der Waals surface area contributed by atoms with Crippen molar-refractivity contribution in [1.29, 1.82) is 0 Å². The first-order valence-electron chi connectivity index (χ1n) is 10.2. The number of aryl methyl sites for hydroxylation is 2. The van der Waals surface area contributed by atoms with Crippen LogP contribution in [0.5, 0.6) is 0 Å². The highest BCUT2D eigenvalue weighted by Crippen LogP contribution is 2.29. The molecule has 0 saturated heterocycles. The number of Topliss-reactive ketones (excluding diaryl/α,β-unsaturated/α-hetero) is 1. The predicted octanol–water partition coefficient (Wildman–Crippen LogP) is 5.87. The topological polar surface area (TPSA) is 60.9 Å². The van der Waals surface area contributed by atoms with Crippen LogP contribution in [0.3, 0.4) is 0 Å². The Balaban J connectivity index is 1.62. The molecule has 0 amide bonds. The number of hydrogen-bond acceptors (Lipinski definition) is 5. The van der Waals surface area contributed by atoms with Gasteiger partial charge in [-0.3, -0.25) is 4.79 Å².